The second-order valence-electron chi connectivity index (χ2n) is 4.56. The third-order valence-corrected chi connectivity index (χ3v) is 3.19. The van der Waals surface area contributed by atoms with Gasteiger partial charge < -0.3 is 9.47 Å². The van der Waals surface area contributed by atoms with Crippen molar-refractivity contribution in [3.8, 4) is 5.75 Å². The fourth-order valence-electron chi connectivity index (χ4n) is 1.46. The first-order valence-corrected chi connectivity index (χ1v) is 7.30. The van der Waals surface area contributed by atoms with E-state index in [4.69, 9.17) is 21.1 Å². The Morgan fingerprint density at radius 1 is 1.32 bits per heavy atom. The maximum absolute atomic E-state index is 5.70. The molecule has 0 aromatic heterocycles. The fraction of sp³-hybridized carbons (Fsp3) is 0.500. The highest BCUT2D eigenvalue weighted by molar-refractivity contribution is 6.17. The molecule has 0 fully saturated rings. The summed E-state index contributed by atoms with van der Waals surface area (Å²) in [6, 6.07) is 8.02. The lowest BCUT2D eigenvalue weighted by atomic mass is 10.1. The molecule has 1 atom stereocenters. The first-order valence-electron chi connectivity index (χ1n) is 6.77. The van der Waals surface area contributed by atoms with Crippen LogP contribution in [0.15, 0.2) is 36.1 Å². The Bertz CT molecular complexity index is 384. The first-order chi connectivity index (χ1) is 9.17. The molecule has 0 N–H and O–H groups in total. The van der Waals surface area contributed by atoms with Gasteiger partial charge in [0.15, 0.2) is 0 Å². The summed E-state index contributed by atoms with van der Waals surface area (Å²) in [5.41, 5.74) is 2.39. The predicted molar refractivity (Wildman–Crippen MR) is 80.8 cm³/mol. The Morgan fingerprint density at radius 2 is 2.00 bits per heavy atom. The number of halogens is 1. The van der Waals surface area contributed by atoms with E-state index < -0.39 is 0 Å². The molecule has 1 unspecified atom stereocenters. The maximum Gasteiger partial charge on any atom is 0.120 e. The summed E-state index contributed by atoms with van der Waals surface area (Å²) in [5, 5.41) is 0. The molecule has 2 nitrogen and oxygen atoms in total. The Labute approximate surface area is 121 Å². The number of ether oxygens (including phenoxy) is 2. The van der Waals surface area contributed by atoms with Crippen molar-refractivity contribution in [2.24, 2.45) is 0 Å². The zero-order chi connectivity index (χ0) is 14.1. The number of hydrogen-bond acceptors (Lipinski definition) is 2. The van der Waals surface area contributed by atoms with E-state index in [0.717, 1.165) is 24.2 Å². The Balaban J connectivity index is 2.50. The Hall–Kier alpha value is -1.15. The molecule has 1 aromatic carbocycles. The highest BCUT2D eigenvalue weighted by Crippen LogP contribution is 2.21. The van der Waals surface area contributed by atoms with E-state index in [9.17, 15) is 0 Å². The smallest absolute Gasteiger partial charge is 0.120 e. The van der Waals surface area contributed by atoms with Crippen LogP contribution in [-0.2, 0) is 4.74 Å². The van der Waals surface area contributed by atoms with Crippen LogP contribution in [0.25, 0.3) is 0 Å². The minimum absolute atomic E-state index is 0.0541. The number of allylic oxidation sites excluding steroid dienone is 1. The summed E-state index contributed by atoms with van der Waals surface area (Å²) in [4.78, 5) is 0. The number of rotatable bonds is 8. The summed E-state index contributed by atoms with van der Waals surface area (Å²) in [6.45, 7) is 6.89. The van der Waals surface area contributed by atoms with Crippen molar-refractivity contribution in [1.29, 1.82) is 0 Å². The average Bonchev–Trinajstić information content (AvgIpc) is 2.45. The monoisotopic (exact) mass is 282 g/mol. The molecule has 106 valence electrons. The zero-order valence-electron chi connectivity index (χ0n) is 12.0. The van der Waals surface area contributed by atoms with Crippen LogP contribution in [0, 0.1) is 0 Å². The van der Waals surface area contributed by atoms with E-state index in [2.05, 4.69) is 13.8 Å². The topological polar surface area (TPSA) is 18.5 Å². The second kappa shape index (κ2) is 8.87. The fourth-order valence-corrected chi connectivity index (χ4v) is 1.57. The van der Waals surface area contributed by atoms with E-state index in [1.807, 2.05) is 37.5 Å². The molecule has 0 saturated carbocycles. The lowest BCUT2D eigenvalue weighted by molar-refractivity contribution is 0.161. The van der Waals surface area contributed by atoms with Crippen LogP contribution in [0.3, 0.4) is 0 Å². The van der Waals surface area contributed by atoms with Gasteiger partial charge in [0, 0.05) is 5.88 Å². The van der Waals surface area contributed by atoms with Gasteiger partial charge in [0.2, 0.25) is 0 Å². The van der Waals surface area contributed by atoms with E-state index in [1.165, 1.54) is 5.57 Å². The molecular weight excluding hydrogens is 260 g/mol. The second-order valence-corrected chi connectivity index (χ2v) is 4.93. The van der Waals surface area contributed by atoms with Crippen molar-refractivity contribution < 1.29 is 9.47 Å². The summed E-state index contributed by atoms with van der Waals surface area (Å²) in [6.07, 6.45) is 3.78. The lowest BCUT2D eigenvalue weighted by Gasteiger charge is -2.13. The van der Waals surface area contributed by atoms with Gasteiger partial charge in [-0.1, -0.05) is 19.1 Å². The molecule has 0 radical (unpaired) electrons. The molecule has 0 aliphatic rings. The summed E-state index contributed by atoms with van der Waals surface area (Å²) >= 11 is 5.60. The number of alkyl halides is 1. The van der Waals surface area contributed by atoms with E-state index in [1.54, 1.807) is 0 Å². The molecule has 0 amide bonds. The molecule has 0 aliphatic carbocycles. The molecule has 1 aromatic rings. The lowest BCUT2D eigenvalue weighted by Crippen LogP contribution is -1.99. The SMILES string of the molecule is CC/C(C)=C/OC(C)c1ccc(OCCCCl)cc1. The van der Waals surface area contributed by atoms with Gasteiger partial charge in [0.1, 0.15) is 11.9 Å². The normalized spacial score (nSPS) is 13.2. The molecule has 1 rings (SSSR count). The van der Waals surface area contributed by atoms with Crippen LogP contribution >= 0.6 is 11.6 Å². The van der Waals surface area contributed by atoms with Crippen LogP contribution in [0.2, 0.25) is 0 Å². The van der Waals surface area contributed by atoms with Gasteiger partial charge in [-0.3, -0.25) is 0 Å². The molecule has 0 bridgehead atoms. The molecule has 0 aliphatic heterocycles. The van der Waals surface area contributed by atoms with Gasteiger partial charge >= 0.3 is 0 Å². The van der Waals surface area contributed by atoms with Crippen molar-refractivity contribution in [3.63, 3.8) is 0 Å². The van der Waals surface area contributed by atoms with Crippen LogP contribution in [-0.4, -0.2) is 12.5 Å². The minimum atomic E-state index is 0.0541. The maximum atomic E-state index is 5.70. The molecule has 0 saturated heterocycles. The molecular formula is C16H23ClO2. The molecule has 19 heavy (non-hydrogen) atoms. The first kappa shape index (κ1) is 15.9. The van der Waals surface area contributed by atoms with Gasteiger partial charge in [0.25, 0.3) is 0 Å². The quantitative estimate of drug-likeness (QED) is 0.376. The zero-order valence-corrected chi connectivity index (χ0v) is 12.7. The van der Waals surface area contributed by atoms with Gasteiger partial charge in [-0.15, -0.1) is 11.6 Å². The van der Waals surface area contributed by atoms with E-state index in [-0.39, 0.29) is 6.10 Å². The largest absolute Gasteiger partial charge is 0.494 e. The van der Waals surface area contributed by atoms with Crippen molar-refractivity contribution in [2.75, 3.05) is 12.5 Å². The summed E-state index contributed by atoms with van der Waals surface area (Å²) < 4.78 is 11.3. The Kier molecular flexibility index (Phi) is 7.42. The third kappa shape index (κ3) is 6.02. The van der Waals surface area contributed by atoms with Gasteiger partial charge in [-0.25, -0.2) is 0 Å². The Morgan fingerprint density at radius 3 is 2.58 bits per heavy atom. The van der Waals surface area contributed by atoms with Gasteiger partial charge in [-0.05, 0) is 50.0 Å². The van der Waals surface area contributed by atoms with Crippen LogP contribution in [0.5, 0.6) is 5.75 Å². The highest BCUT2D eigenvalue weighted by Gasteiger charge is 2.05. The van der Waals surface area contributed by atoms with E-state index >= 15 is 0 Å². The summed E-state index contributed by atoms with van der Waals surface area (Å²) in [5.74, 6) is 1.51. The summed E-state index contributed by atoms with van der Waals surface area (Å²) in [7, 11) is 0. The number of hydrogen-bond donors (Lipinski definition) is 0. The van der Waals surface area contributed by atoms with Crippen molar-refractivity contribution >= 4 is 11.6 Å². The van der Waals surface area contributed by atoms with Gasteiger partial charge in [0.05, 0.1) is 12.9 Å². The predicted octanol–water partition coefficient (Wildman–Crippen LogP) is 5.09. The van der Waals surface area contributed by atoms with Crippen molar-refractivity contribution in [2.45, 2.75) is 39.7 Å². The molecule has 0 heterocycles. The van der Waals surface area contributed by atoms with Crippen LogP contribution in [0.4, 0.5) is 0 Å². The third-order valence-electron chi connectivity index (χ3n) is 2.93. The minimum Gasteiger partial charge on any atom is -0.494 e. The highest BCUT2D eigenvalue weighted by atomic mass is 35.5. The van der Waals surface area contributed by atoms with Crippen molar-refractivity contribution in [1.82, 2.24) is 0 Å². The van der Waals surface area contributed by atoms with Gasteiger partial charge in [-0.2, -0.15) is 0 Å². The molecule has 3 heteroatoms. The van der Waals surface area contributed by atoms with Crippen LogP contribution in [0.1, 0.15) is 45.3 Å². The molecule has 0 spiro atoms. The standard InChI is InChI=1S/C16H23ClO2/c1-4-13(2)12-19-14(3)15-6-8-16(9-7-15)18-11-5-10-17/h6-9,12,14H,4-5,10-11H2,1-3H3/b13-12+. The number of benzene rings is 1. The van der Waals surface area contributed by atoms with Crippen molar-refractivity contribution in [3.05, 3.63) is 41.7 Å². The van der Waals surface area contributed by atoms with E-state index in [0.29, 0.717) is 12.5 Å². The average molecular weight is 283 g/mol. The van der Waals surface area contributed by atoms with Crippen LogP contribution < -0.4 is 4.74 Å².